The van der Waals surface area contributed by atoms with E-state index in [2.05, 4.69) is 11.9 Å². The normalized spacial score (nSPS) is 21.0. The van der Waals surface area contributed by atoms with Gasteiger partial charge in [0, 0.05) is 12.1 Å². The fourth-order valence-corrected chi connectivity index (χ4v) is 3.63. The number of para-hydroxylation sites is 1. The van der Waals surface area contributed by atoms with E-state index in [9.17, 15) is 18.8 Å². The quantitative estimate of drug-likeness (QED) is 0.514. The van der Waals surface area contributed by atoms with Crippen molar-refractivity contribution in [2.24, 2.45) is 0 Å². The Balaban J connectivity index is 1.80. The molecule has 136 valence electrons. The SMILES string of the molecule is C=CCN1C(=O)NC2(C1=O)C(=O)N(Cc1cccc(F)c1)c1ccccc12. The van der Waals surface area contributed by atoms with Crippen molar-refractivity contribution in [3.05, 3.63) is 78.1 Å². The van der Waals surface area contributed by atoms with Crippen LogP contribution in [0, 0.1) is 5.82 Å². The maximum atomic E-state index is 13.5. The number of rotatable bonds is 4. The molecule has 2 aliphatic rings. The molecular weight excluding hydrogens is 349 g/mol. The lowest BCUT2D eigenvalue weighted by Gasteiger charge is -2.22. The highest BCUT2D eigenvalue weighted by Gasteiger charge is 2.63. The second kappa shape index (κ2) is 6.05. The Morgan fingerprint density at radius 2 is 1.78 bits per heavy atom. The van der Waals surface area contributed by atoms with E-state index >= 15 is 0 Å². The number of fused-ring (bicyclic) bond motifs is 2. The molecule has 27 heavy (non-hydrogen) atoms. The molecule has 0 bridgehead atoms. The molecule has 1 saturated heterocycles. The standard InChI is InChI=1S/C20H16FN3O3/c1-2-10-23-17(25)20(22-19(23)27)15-8-3-4-9-16(15)24(18(20)26)12-13-6-5-7-14(21)11-13/h2-9,11H,1,10,12H2,(H,22,27). The Morgan fingerprint density at radius 3 is 2.52 bits per heavy atom. The van der Waals surface area contributed by atoms with Gasteiger partial charge in [0.2, 0.25) is 5.54 Å². The highest BCUT2D eigenvalue weighted by Crippen LogP contribution is 2.44. The minimum atomic E-state index is -1.79. The Bertz CT molecular complexity index is 990. The van der Waals surface area contributed by atoms with Crippen molar-refractivity contribution in [1.29, 1.82) is 0 Å². The molecule has 6 nitrogen and oxygen atoms in total. The van der Waals surface area contributed by atoms with Gasteiger partial charge in [0.05, 0.1) is 12.2 Å². The summed E-state index contributed by atoms with van der Waals surface area (Å²) in [5.74, 6) is -1.60. The number of halogens is 1. The molecule has 2 aromatic carbocycles. The molecule has 1 atom stereocenters. The third-order valence-electron chi connectivity index (χ3n) is 4.81. The summed E-state index contributed by atoms with van der Waals surface area (Å²) >= 11 is 0. The molecular formula is C20H16FN3O3. The van der Waals surface area contributed by atoms with E-state index in [1.54, 1.807) is 36.4 Å². The highest BCUT2D eigenvalue weighted by molar-refractivity contribution is 6.27. The van der Waals surface area contributed by atoms with Gasteiger partial charge in [-0.2, -0.15) is 0 Å². The number of carbonyl (C=O) groups is 3. The number of benzene rings is 2. The molecule has 1 fully saturated rings. The zero-order valence-electron chi connectivity index (χ0n) is 14.3. The van der Waals surface area contributed by atoms with E-state index in [1.807, 2.05) is 0 Å². The molecule has 0 aromatic heterocycles. The maximum absolute atomic E-state index is 13.5. The summed E-state index contributed by atoms with van der Waals surface area (Å²) in [5, 5.41) is 2.57. The van der Waals surface area contributed by atoms with E-state index in [0.29, 0.717) is 16.8 Å². The van der Waals surface area contributed by atoms with E-state index in [4.69, 9.17) is 0 Å². The van der Waals surface area contributed by atoms with Crippen molar-refractivity contribution < 1.29 is 18.8 Å². The summed E-state index contributed by atoms with van der Waals surface area (Å²) in [7, 11) is 0. The second-order valence-corrected chi connectivity index (χ2v) is 6.42. The molecule has 2 heterocycles. The molecule has 1 unspecified atom stereocenters. The van der Waals surface area contributed by atoms with E-state index in [-0.39, 0.29) is 13.1 Å². The fourth-order valence-electron chi connectivity index (χ4n) is 3.63. The summed E-state index contributed by atoms with van der Waals surface area (Å²) in [6.07, 6.45) is 1.42. The average Bonchev–Trinajstić information content (AvgIpc) is 3.04. The lowest BCUT2D eigenvalue weighted by atomic mass is 9.91. The van der Waals surface area contributed by atoms with Crippen molar-refractivity contribution in [3.63, 3.8) is 0 Å². The van der Waals surface area contributed by atoms with Gasteiger partial charge >= 0.3 is 6.03 Å². The second-order valence-electron chi connectivity index (χ2n) is 6.42. The van der Waals surface area contributed by atoms with Crippen LogP contribution in [0.1, 0.15) is 11.1 Å². The van der Waals surface area contributed by atoms with Gasteiger partial charge in [0.15, 0.2) is 0 Å². The average molecular weight is 365 g/mol. The molecule has 4 rings (SSSR count). The molecule has 0 radical (unpaired) electrons. The van der Waals surface area contributed by atoms with Crippen LogP contribution < -0.4 is 10.2 Å². The Morgan fingerprint density at radius 1 is 1.04 bits per heavy atom. The summed E-state index contributed by atoms with van der Waals surface area (Å²) in [6, 6.07) is 12.1. The van der Waals surface area contributed by atoms with Crippen LogP contribution >= 0.6 is 0 Å². The third-order valence-corrected chi connectivity index (χ3v) is 4.81. The zero-order valence-corrected chi connectivity index (χ0v) is 14.3. The summed E-state index contributed by atoms with van der Waals surface area (Å²) in [6.45, 7) is 3.63. The lowest BCUT2D eigenvalue weighted by Crippen LogP contribution is -2.52. The smallest absolute Gasteiger partial charge is 0.311 e. The van der Waals surface area contributed by atoms with Crippen LogP contribution in [0.3, 0.4) is 0 Å². The van der Waals surface area contributed by atoms with Crippen LogP contribution in [0.2, 0.25) is 0 Å². The molecule has 4 amide bonds. The molecule has 2 aliphatic heterocycles. The van der Waals surface area contributed by atoms with Crippen molar-refractivity contribution in [3.8, 4) is 0 Å². The number of nitrogens with zero attached hydrogens (tertiary/aromatic N) is 2. The summed E-state index contributed by atoms with van der Waals surface area (Å²) in [5.41, 5.74) is -0.281. The lowest BCUT2D eigenvalue weighted by molar-refractivity contribution is -0.138. The Labute approximate surface area is 154 Å². The van der Waals surface area contributed by atoms with Gasteiger partial charge in [0.1, 0.15) is 5.82 Å². The van der Waals surface area contributed by atoms with Crippen LogP contribution in [0.15, 0.2) is 61.2 Å². The predicted molar refractivity (Wildman–Crippen MR) is 96.2 cm³/mol. The number of urea groups is 1. The molecule has 0 saturated carbocycles. The Kier molecular flexibility index (Phi) is 3.80. The topological polar surface area (TPSA) is 69.7 Å². The monoisotopic (exact) mass is 365 g/mol. The van der Waals surface area contributed by atoms with Gasteiger partial charge in [-0.3, -0.25) is 14.5 Å². The van der Waals surface area contributed by atoms with Crippen LogP contribution in [-0.2, 0) is 21.7 Å². The molecule has 7 heteroatoms. The highest BCUT2D eigenvalue weighted by atomic mass is 19.1. The number of amides is 4. The minimum Gasteiger partial charge on any atom is -0.311 e. The Hall–Kier alpha value is -3.48. The minimum absolute atomic E-state index is 0.00571. The van der Waals surface area contributed by atoms with Crippen molar-refractivity contribution in [2.45, 2.75) is 12.1 Å². The van der Waals surface area contributed by atoms with E-state index < -0.39 is 29.2 Å². The maximum Gasteiger partial charge on any atom is 0.326 e. The predicted octanol–water partition coefficient (Wildman–Crippen LogP) is 2.31. The van der Waals surface area contributed by atoms with Crippen LogP contribution in [0.25, 0.3) is 0 Å². The molecule has 1 spiro atoms. The number of nitrogens with one attached hydrogen (secondary N) is 1. The van der Waals surface area contributed by atoms with Gasteiger partial charge in [-0.15, -0.1) is 6.58 Å². The number of carbonyl (C=O) groups excluding carboxylic acids is 3. The van der Waals surface area contributed by atoms with E-state index in [0.717, 1.165) is 4.90 Å². The largest absolute Gasteiger partial charge is 0.326 e. The van der Waals surface area contributed by atoms with Crippen LogP contribution in [0.4, 0.5) is 14.9 Å². The molecule has 1 N–H and O–H groups in total. The van der Waals surface area contributed by atoms with Crippen molar-refractivity contribution >= 4 is 23.5 Å². The van der Waals surface area contributed by atoms with E-state index in [1.165, 1.54) is 23.1 Å². The van der Waals surface area contributed by atoms with Gasteiger partial charge in [-0.1, -0.05) is 36.4 Å². The van der Waals surface area contributed by atoms with Gasteiger partial charge in [-0.05, 0) is 23.8 Å². The van der Waals surface area contributed by atoms with Gasteiger partial charge in [0.25, 0.3) is 11.8 Å². The van der Waals surface area contributed by atoms with Crippen molar-refractivity contribution in [2.75, 3.05) is 11.4 Å². The number of imide groups is 1. The zero-order chi connectivity index (χ0) is 19.2. The summed E-state index contributed by atoms with van der Waals surface area (Å²) < 4.78 is 13.5. The number of hydrogen-bond donors (Lipinski definition) is 1. The van der Waals surface area contributed by atoms with Gasteiger partial charge in [-0.25, -0.2) is 9.18 Å². The first-order chi connectivity index (χ1) is 13.0. The van der Waals surface area contributed by atoms with Crippen LogP contribution in [0.5, 0.6) is 0 Å². The van der Waals surface area contributed by atoms with Gasteiger partial charge < -0.3 is 10.2 Å². The first kappa shape index (κ1) is 17.0. The molecule has 0 aliphatic carbocycles. The number of hydrogen-bond acceptors (Lipinski definition) is 3. The third kappa shape index (κ3) is 2.35. The summed E-state index contributed by atoms with van der Waals surface area (Å²) in [4.78, 5) is 41.1. The molecule has 2 aromatic rings. The first-order valence-electron chi connectivity index (χ1n) is 8.40. The first-order valence-corrected chi connectivity index (χ1v) is 8.40. The van der Waals surface area contributed by atoms with Crippen molar-refractivity contribution in [1.82, 2.24) is 10.2 Å². The number of anilines is 1. The fraction of sp³-hybridized carbons (Fsp3) is 0.150. The van der Waals surface area contributed by atoms with Crippen LogP contribution in [-0.4, -0.2) is 29.3 Å².